The van der Waals surface area contributed by atoms with Crippen molar-refractivity contribution in [2.24, 2.45) is 0 Å². The van der Waals surface area contributed by atoms with Gasteiger partial charge in [-0.2, -0.15) is 0 Å². The Balaban J connectivity index is 1.27. The molecule has 0 unspecified atom stereocenters. The zero-order valence-electron chi connectivity index (χ0n) is 32.9. The van der Waals surface area contributed by atoms with E-state index in [0.29, 0.717) is 12.1 Å². The summed E-state index contributed by atoms with van der Waals surface area (Å²) in [6, 6.07) is 34.4. The summed E-state index contributed by atoms with van der Waals surface area (Å²) in [6.07, 6.45) is 15.9. The maximum atomic E-state index is 12.6. The molecule has 6 heteroatoms. The SMILES string of the molecule is CCCCCCCCN(CCCCCCCC)C[C@@H]1C[C@H](c2ccc(CO)cc2)O[C@H](c2ccc(-c3cccc(CNC(=O)c4ccccc4)c3)cc2)O1. The minimum Gasteiger partial charge on any atom is -0.392 e. The van der Waals surface area contributed by atoms with Crippen molar-refractivity contribution >= 4 is 5.91 Å². The molecule has 0 aromatic heterocycles. The van der Waals surface area contributed by atoms with E-state index >= 15 is 0 Å². The molecule has 5 rings (SSSR count). The highest BCUT2D eigenvalue weighted by Crippen LogP contribution is 2.39. The molecular weight excluding hydrogens is 669 g/mol. The predicted molar refractivity (Wildman–Crippen MR) is 221 cm³/mol. The highest BCUT2D eigenvalue weighted by atomic mass is 16.7. The largest absolute Gasteiger partial charge is 0.392 e. The van der Waals surface area contributed by atoms with Crippen LogP contribution in [0, 0.1) is 0 Å². The van der Waals surface area contributed by atoms with Crippen LogP contribution in [0.1, 0.15) is 142 Å². The quantitative estimate of drug-likeness (QED) is 0.0743. The Morgan fingerprint density at radius 3 is 1.94 bits per heavy atom. The third-order valence-corrected chi connectivity index (χ3v) is 10.7. The molecule has 1 saturated heterocycles. The summed E-state index contributed by atoms with van der Waals surface area (Å²) in [5, 5.41) is 12.7. The number of carbonyl (C=O) groups is 1. The summed E-state index contributed by atoms with van der Waals surface area (Å²) in [4.78, 5) is 15.3. The summed E-state index contributed by atoms with van der Waals surface area (Å²) in [7, 11) is 0. The van der Waals surface area contributed by atoms with Gasteiger partial charge in [-0.05, 0) is 71.9 Å². The molecule has 0 radical (unpaired) electrons. The highest BCUT2D eigenvalue weighted by molar-refractivity contribution is 5.94. The van der Waals surface area contributed by atoms with E-state index in [9.17, 15) is 9.90 Å². The zero-order valence-corrected chi connectivity index (χ0v) is 32.9. The van der Waals surface area contributed by atoms with Crippen LogP contribution in [-0.4, -0.2) is 41.7 Å². The molecule has 4 aromatic rings. The predicted octanol–water partition coefficient (Wildman–Crippen LogP) is 11.3. The van der Waals surface area contributed by atoms with Crippen LogP contribution in [0.2, 0.25) is 0 Å². The molecule has 0 saturated carbocycles. The highest BCUT2D eigenvalue weighted by Gasteiger charge is 2.33. The number of hydrogen-bond acceptors (Lipinski definition) is 5. The summed E-state index contributed by atoms with van der Waals surface area (Å²) in [5.41, 5.74) is 6.93. The number of aliphatic hydroxyl groups is 1. The van der Waals surface area contributed by atoms with Crippen LogP contribution in [0.3, 0.4) is 0 Å². The first-order chi connectivity index (χ1) is 26.6. The van der Waals surface area contributed by atoms with Crippen molar-refractivity contribution in [2.75, 3.05) is 19.6 Å². The van der Waals surface area contributed by atoms with Gasteiger partial charge in [0.1, 0.15) is 0 Å². The number of nitrogens with one attached hydrogen (secondary N) is 1. The fourth-order valence-electron chi connectivity index (χ4n) is 7.41. The van der Waals surface area contributed by atoms with Gasteiger partial charge in [0.15, 0.2) is 6.29 Å². The van der Waals surface area contributed by atoms with Crippen molar-refractivity contribution in [1.82, 2.24) is 10.2 Å². The van der Waals surface area contributed by atoms with Gasteiger partial charge in [-0.3, -0.25) is 4.79 Å². The molecule has 1 aliphatic rings. The van der Waals surface area contributed by atoms with E-state index in [2.05, 4.69) is 72.6 Å². The van der Waals surface area contributed by atoms with E-state index in [-0.39, 0.29) is 24.7 Å². The average molecular weight is 733 g/mol. The van der Waals surface area contributed by atoms with E-state index in [0.717, 1.165) is 59.4 Å². The number of hydrogen-bond donors (Lipinski definition) is 2. The molecule has 1 fully saturated rings. The number of ether oxygens (including phenoxy) is 2. The van der Waals surface area contributed by atoms with Gasteiger partial charge >= 0.3 is 0 Å². The second-order valence-corrected chi connectivity index (χ2v) is 15.1. The van der Waals surface area contributed by atoms with E-state index in [1.807, 2.05) is 54.6 Å². The van der Waals surface area contributed by atoms with Gasteiger partial charge in [0, 0.05) is 30.6 Å². The van der Waals surface area contributed by atoms with Crippen LogP contribution in [0.4, 0.5) is 0 Å². The number of benzene rings is 4. The maximum absolute atomic E-state index is 12.6. The lowest BCUT2D eigenvalue weighted by atomic mass is 9.98. The first kappa shape index (κ1) is 41.4. The monoisotopic (exact) mass is 732 g/mol. The summed E-state index contributed by atoms with van der Waals surface area (Å²) in [6.45, 7) is 8.19. The van der Waals surface area contributed by atoms with Crippen molar-refractivity contribution in [3.8, 4) is 11.1 Å². The number of unbranched alkanes of at least 4 members (excludes halogenated alkanes) is 10. The van der Waals surface area contributed by atoms with Crippen LogP contribution in [0.25, 0.3) is 11.1 Å². The lowest BCUT2D eigenvalue weighted by Crippen LogP contribution is -2.40. The summed E-state index contributed by atoms with van der Waals surface area (Å²) < 4.78 is 13.6. The molecule has 0 aliphatic carbocycles. The molecule has 54 heavy (non-hydrogen) atoms. The van der Waals surface area contributed by atoms with Crippen molar-refractivity contribution in [1.29, 1.82) is 0 Å². The average Bonchev–Trinajstić information content (AvgIpc) is 3.22. The van der Waals surface area contributed by atoms with Gasteiger partial charge < -0.3 is 24.8 Å². The third-order valence-electron chi connectivity index (χ3n) is 10.7. The summed E-state index contributed by atoms with van der Waals surface area (Å²) >= 11 is 0. The van der Waals surface area contributed by atoms with Crippen LogP contribution in [0.15, 0.2) is 103 Å². The fourth-order valence-corrected chi connectivity index (χ4v) is 7.41. The maximum Gasteiger partial charge on any atom is 0.251 e. The van der Waals surface area contributed by atoms with Gasteiger partial charge in [0.2, 0.25) is 0 Å². The minimum atomic E-state index is -0.482. The number of nitrogens with zero attached hydrogens (tertiary/aromatic N) is 1. The molecule has 1 aliphatic heterocycles. The lowest BCUT2D eigenvalue weighted by Gasteiger charge is -2.38. The van der Waals surface area contributed by atoms with Crippen LogP contribution in [0.5, 0.6) is 0 Å². The Hall–Kier alpha value is -3.81. The van der Waals surface area contributed by atoms with Gasteiger partial charge in [0.25, 0.3) is 5.91 Å². The molecule has 1 amide bonds. The molecule has 0 spiro atoms. The molecule has 6 nitrogen and oxygen atoms in total. The van der Waals surface area contributed by atoms with E-state index in [4.69, 9.17) is 9.47 Å². The zero-order chi connectivity index (χ0) is 37.8. The Morgan fingerprint density at radius 1 is 0.667 bits per heavy atom. The number of aliphatic hydroxyl groups excluding tert-OH is 1. The van der Waals surface area contributed by atoms with Crippen molar-refractivity contribution in [3.63, 3.8) is 0 Å². The van der Waals surface area contributed by atoms with E-state index in [1.165, 1.54) is 77.0 Å². The Kier molecular flexibility index (Phi) is 17.8. The first-order valence-electron chi connectivity index (χ1n) is 20.8. The summed E-state index contributed by atoms with van der Waals surface area (Å²) in [5.74, 6) is -0.0771. The standard InChI is InChI=1S/C48H64N2O4/c1-3-5-7-9-11-16-31-50(32-17-12-10-8-6-4-2)36-45-34-46(41-25-23-38(37-51)24-26-41)54-48(53-45)43-29-27-40(28-30-43)44-22-18-19-39(33-44)35-49-47(52)42-20-14-13-15-21-42/h13-15,18-30,33,45-46,48,51H,3-12,16-17,31-32,34-37H2,1-2H3,(H,49,52)/t45-,46+,48+/m0/s1. The van der Waals surface area contributed by atoms with Crippen molar-refractivity contribution < 1.29 is 19.4 Å². The lowest BCUT2D eigenvalue weighted by molar-refractivity contribution is -0.253. The Bertz CT molecular complexity index is 1610. The van der Waals surface area contributed by atoms with Crippen LogP contribution >= 0.6 is 0 Å². The molecular formula is C48H64N2O4. The van der Waals surface area contributed by atoms with Gasteiger partial charge in [-0.1, -0.05) is 163 Å². The van der Waals surface area contributed by atoms with Gasteiger partial charge in [-0.25, -0.2) is 0 Å². The number of rotatable bonds is 23. The second-order valence-electron chi connectivity index (χ2n) is 15.1. The van der Waals surface area contributed by atoms with Gasteiger partial charge in [0.05, 0.1) is 18.8 Å². The Labute approximate surface area is 325 Å². The first-order valence-corrected chi connectivity index (χ1v) is 20.8. The van der Waals surface area contributed by atoms with E-state index in [1.54, 1.807) is 0 Å². The smallest absolute Gasteiger partial charge is 0.251 e. The number of amides is 1. The van der Waals surface area contributed by atoms with Gasteiger partial charge in [-0.15, -0.1) is 0 Å². The van der Waals surface area contributed by atoms with E-state index < -0.39 is 6.29 Å². The topological polar surface area (TPSA) is 71.0 Å². The molecule has 0 bridgehead atoms. The molecule has 290 valence electrons. The Morgan fingerprint density at radius 2 is 1.30 bits per heavy atom. The molecule has 3 atom stereocenters. The second kappa shape index (κ2) is 23.2. The van der Waals surface area contributed by atoms with Crippen molar-refractivity contribution in [3.05, 3.63) is 131 Å². The van der Waals surface area contributed by atoms with Crippen LogP contribution in [-0.2, 0) is 22.6 Å². The minimum absolute atomic E-state index is 0.0313. The third kappa shape index (κ3) is 13.5. The van der Waals surface area contributed by atoms with Crippen molar-refractivity contribution in [2.45, 2.75) is 129 Å². The number of carbonyl (C=O) groups excluding carboxylic acids is 1. The normalized spacial score (nSPS) is 17.1. The molecule has 4 aromatic carbocycles. The molecule has 2 N–H and O–H groups in total. The molecule has 1 heterocycles. The fraction of sp³-hybridized carbons (Fsp3) is 0.479. The van der Waals surface area contributed by atoms with Crippen LogP contribution < -0.4 is 5.32 Å².